The van der Waals surface area contributed by atoms with Crippen molar-refractivity contribution in [3.05, 3.63) is 12.2 Å². The molecule has 0 aromatic carbocycles. The van der Waals surface area contributed by atoms with Crippen molar-refractivity contribution in [1.29, 1.82) is 0 Å². The van der Waals surface area contributed by atoms with E-state index >= 15 is 0 Å². The topological polar surface area (TPSA) is 147 Å². The molecule has 1 unspecified atom stereocenters. The van der Waals surface area contributed by atoms with Crippen LogP contribution in [0, 0.1) is 0 Å². The van der Waals surface area contributed by atoms with Gasteiger partial charge in [0, 0.05) is 18.6 Å². The van der Waals surface area contributed by atoms with Crippen LogP contribution in [0.3, 0.4) is 0 Å². The number of rotatable bonds is 9. The number of nitrogens with zero attached hydrogens (tertiary/aromatic N) is 1. The van der Waals surface area contributed by atoms with Crippen molar-refractivity contribution in [2.75, 3.05) is 0 Å². The van der Waals surface area contributed by atoms with Crippen LogP contribution in [-0.4, -0.2) is 45.1 Å². The number of hydroxylamine groups is 1. The fraction of sp³-hybridized carbons (Fsp3) is 0.500. The van der Waals surface area contributed by atoms with Gasteiger partial charge in [-0.3, -0.25) is 34.1 Å². The lowest BCUT2D eigenvalue weighted by Crippen LogP contribution is -2.66. The van der Waals surface area contributed by atoms with Crippen LogP contribution >= 0.6 is 0 Å². The van der Waals surface area contributed by atoms with Crippen LogP contribution in [0.15, 0.2) is 12.2 Å². The average Bonchev–Trinajstić information content (AvgIpc) is 2.83. The predicted molar refractivity (Wildman–Crippen MR) is 76.6 cm³/mol. The Morgan fingerprint density at radius 2 is 1.78 bits per heavy atom. The molecule has 9 heteroatoms. The van der Waals surface area contributed by atoms with Gasteiger partial charge in [0.25, 0.3) is 17.7 Å². The van der Waals surface area contributed by atoms with Crippen LogP contribution < -0.4 is 11.2 Å². The number of carbonyl (C=O) groups is 5. The van der Waals surface area contributed by atoms with Gasteiger partial charge in [0.15, 0.2) is 11.3 Å². The molecule has 0 aromatic heterocycles. The molecule has 23 heavy (non-hydrogen) atoms. The SMILES string of the molecule is CCCCCC(=O)C(CC(N)=O)(C(=O)NO)N1C(=O)C=CC1=O. The molecule has 126 valence electrons. The van der Waals surface area contributed by atoms with Gasteiger partial charge >= 0.3 is 0 Å². The lowest BCUT2D eigenvalue weighted by atomic mass is 9.84. The van der Waals surface area contributed by atoms with Gasteiger partial charge in [-0.25, -0.2) is 5.48 Å². The second-order valence-electron chi connectivity index (χ2n) is 5.17. The molecule has 1 aliphatic rings. The highest BCUT2D eigenvalue weighted by molar-refractivity contribution is 6.23. The number of amides is 4. The van der Waals surface area contributed by atoms with Crippen molar-refractivity contribution in [2.45, 2.75) is 44.6 Å². The maximum absolute atomic E-state index is 12.6. The first kappa shape index (κ1) is 18.5. The maximum atomic E-state index is 12.6. The van der Waals surface area contributed by atoms with Crippen molar-refractivity contribution in [2.24, 2.45) is 5.73 Å². The smallest absolute Gasteiger partial charge is 0.278 e. The Balaban J connectivity index is 3.33. The molecule has 0 spiro atoms. The summed E-state index contributed by atoms with van der Waals surface area (Å²) in [7, 11) is 0. The number of hydrogen-bond acceptors (Lipinski definition) is 6. The molecular formula is C14H19N3O6. The van der Waals surface area contributed by atoms with Gasteiger partial charge in [-0.05, 0) is 6.42 Å². The summed E-state index contributed by atoms with van der Waals surface area (Å²) in [5.41, 5.74) is 3.88. The lowest BCUT2D eigenvalue weighted by molar-refractivity contribution is -0.163. The number of unbranched alkanes of at least 4 members (excludes halogenated alkanes) is 2. The van der Waals surface area contributed by atoms with Crippen molar-refractivity contribution < 1.29 is 29.2 Å². The van der Waals surface area contributed by atoms with E-state index in [-0.39, 0.29) is 6.42 Å². The first-order valence-corrected chi connectivity index (χ1v) is 7.13. The number of imide groups is 1. The van der Waals surface area contributed by atoms with E-state index in [1.165, 1.54) is 5.48 Å². The molecule has 0 aliphatic carbocycles. The Kier molecular flexibility index (Phi) is 6.14. The minimum atomic E-state index is -2.48. The Hall–Kier alpha value is -2.55. The largest absolute Gasteiger partial charge is 0.370 e. The van der Waals surface area contributed by atoms with Crippen LogP contribution in [0.5, 0.6) is 0 Å². The van der Waals surface area contributed by atoms with E-state index in [0.717, 1.165) is 18.6 Å². The average molecular weight is 325 g/mol. The molecule has 0 aromatic rings. The molecule has 0 radical (unpaired) electrons. The molecule has 0 fully saturated rings. The van der Waals surface area contributed by atoms with Crippen molar-refractivity contribution in [3.63, 3.8) is 0 Å². The van der Waals surface area contributed by atoms with Crippen LogP contribution in [0.4, 0.5) is 0 Å². The fourth-order valence-corrected chi connectivity index (χ4v) is 2.47. The first-order chi connectivity index (χ1) is 10.8. The van der Waals surface area contributed by atoms with Crippen LogP contribution in [-0.2, 0) is 24.0 Å². The number of Topliss-reactive ketones (excluding diaryl/α,β-unsaturated/α-hetero) is 1. The minimum Gasteiger partial charge on any atom is -0.370 e. The van der Waals surface area contributed by atoms with E-state index in [4.69, 9.17) is 10.9 Å². The number of carbonyl (C=O) groups excluding carboxylic acids is 5. The standard InChI is InChI=1S/C14H19N3O6/c1-2-3-4-5-9(18)14(8-10(15)19,13(22)16-23)17-11(20)6-7-12(17)21/h6-7,23H,2-5,8H2,1H3,(H2,15,19)(H,16,22). The summed E-state index contributed by atoms with van der Waals surface area (Å²) in [5.74, 6) is -5.10. The molecular weight excluding hydrogens is 306 g/mol. The summed E-state index contributed by atoms with van der Waals surface area (Å²) in [4.78, 5) is 60.3. The number of ketones is 1. The quantitative estimate of drug-likeness (QED) is 0.166. The molecule has 1 aliphatic heterocycles. The zero-order chi connectivity index (χ0) is 17.6. The molecule has 9 nitrogen and oxygen atoms in total. The third-order valence-electron chi connectivity index (χ3n) is 3.57. The molecule has 4 N–H and O–H groups in total. The number of primary amides is 1. The summed E-state index contributed by atoms with van der Waals surface area (Å²) < 4.78 is 0. The van der Waals surface area contributed by atoms with Gasteiger partial charge in [-0.1, -0.05) is 19.8 Å². The Labute approximate surface area is 132 Å². The summed E-state index contributed by atoms with van der Waals surface area (Å²) in [6, 6.07) is 0. The van der Waals surface area contributed by atoms with E-state index in [9.17, 15) is 24.0 Å². The predicted octanol–water partition coefficient (Wildman–Crippen LogP) is -0.820. The van der Waals surface area contributed by atoms with Gasteiger partial charge < -0.3 is 5.73 Å². The first-order valence-electron chi connectivity index (χ1n) is 7.13. The Morgan fingerprint density at radius 3 is 2.22 bits per heavy atom. The molecule has 0 bridgehead atoms. The maximum Gasteiger partial charge on any atom is 0.278 e. The highest BCUT2D eigenvalue weighted by Gasteiger charge is 2.56. The number of hydrogen-bond donors (Lipinski definition) is 3. The third kappa shape index (κ3) is 3.62. The van der Waals surface area contributed by atoms with Crippen LogP contribution in [0.25, 0.3) is 0 Å². The highest BCUT2D eigenvalue weighted by Crippen LogP contribution is 2.28. The van der Waals surface area contributed by atoms with E-state index in [0.29, 0.717) is 17.7 Å². The minimum absolute atomic E-state index is 0.147. The van der Waals surface area contributed by atoms with E-state index < -0.39 is 41.4 Å². The summed E-state index contributed by atoms with van der Waals surface area (Å²) in [5, 5.41) is 8.96. The molecule has 1 rings (SSSR count). The third-order valence-corrected chi connectivity index (χ3v) is 3.57. The summed E-state index contributed by atoms with van der Waals surface area (Å²) in [6.45, 7) is 1.90. The van der Waals surface area contributed by atoms with Crippen molar-refractivity contribution in [3.8, 4) is 0 Å². The van der Waals surface area contributed by atoms with Gasteiger partial charge in [0.1, 0.15) is 0 Å². The monoisotopic (exact) mass is 325 g/mol. The van der Waals surface area contributed by atoms with Crippen molar-refractivity contribution in [1.82, 2.24) is 10.4 Å². The van der Waals surface area contributed by atoms with Crippen LogP contribution in [0.2, 0.25) is 0 Å². The normalized spacial score (nSPS) is 16.3. The Morgan fingerprint density at radius 1 is 1.22 bits per heavy atom. The molecule has 0 saturated heterocycles. The molecule has 0 saturated carbocycles. The van der Waals surface area contributed by atoms with E-state index in [1.807, 2.05) is 6.92 Å². The van der Waals surface area contributed by atoms with Gasteiger partial charge in [-0.2, -0.15) is 0 Å². The fourth-order valence-electron chi connectivity index (χ4n) is 2.47. The molecule has 4 amide bonds. The van der Waals surface area contributed by atoms with Crippen molar-refractivity contribution >= 4 is 29.4 Å². The molecule has 1 heterocycles. The molecule has 1 atom stereocenters. The highest BCUT2D eigenvalue weighted by atomic mass is 16.5. The van der Waals surface area contributed by atoms with E-state index in [2.05, 4.69) is 0 Å². The second kappa shape index (κ2) is 7.63. The van der Waals surface area contributed by atoms with Gasteiger partial charge in [-0.15, -0.1) is 0 Å². The second-order valence-corrected chi connectivity index (χ2v) is 5.17. The zero-order valence-electron chi connectivity index (χ0n) is 12.7. The summed E-state index contributed by atoms with van der Waals surface area (Å²) >= 11 is 0. The zero-order valence-corrected chi connectivity index (χ0v) is 12.7. The summed E-state index contributed by atoms with van der Waals surface area (Å²) in [6.07, 6.45) is 2.59. The van der Waals surface area contributed by atoms with Crippen LogP contribution in [0.1, 0.15) is 39.0 Å². The van der Waals surface area contributed by atoms with E-state index in [1.54, 1.807) is 0 Å². The number of nitrogens with two attached hydrogens (primary N) is 1. The lowest BCUT2D eigenvalue weighted by Gasteiger charge is -2.36. The van der Waals surface area contributed by atoms with Gasteiger partial charge in [0.2, 0.25) is 5.91 Å². The van der Waals surface area contributed by atoms with Gasteiger partial charge in [0.05, 0.1) is 6.42 Å². The number of nitrogens with one attached hydrogen (secondary N) is 1. The Bertz CT molecular complexity index is 553.